The number of nitrogens with one attached hydrogen (secondary N) is 1. The number of carbonyl (C=O) groups is 1. The fourth-order valence-corrected chi connectivity index (χ4v) is 3.96. The van der Waals surface area contributed by atoms with Gasteiger partial charge in [0, 0.05) is 10.3 Å². The summed E-state index contributed by atoms with van der Waals surface area (Å²) in [6.45, 7) is 5.09. The highest BCUT2D eigenvalue weighted by Gasteiger charge is 2.09. The van der Waals surface area contributed by atoms with E-state index in [0.29, 0.717) is 24.7 Å². The van der Waals surface area contributed by atoms with Crippen LogP contribution in [-0.2, 0) is 11.3 Å². The Bertz CT molecular complexity index is 889. The van der Waals surface area contributed by atoms with Crippen LogP contribution < -0.4 is 14.8 Å². The fraction of sp³-hybridized carbons (Fsp3) is 0.300. The van der Waals surface area contributed by atoms with Crippen LogP contribution in [0.4, 0.5) is 0 Å². The Kier molecular flexibility index (Phi) is 6.84. The Balaban J connectivity index is 1.49. The van der Waals surface area contributed by atoms with Crippen LogP contribution in [0.3, 0.4) is 0 Å². The number of para-hydroxylation sites is 2. The predicted molar refractivity (Wildman–Crippen MR) is 110 cm³/mol. The topological polar surface area (TPSA) is 60.5 Å². The molecule has 0 fully saturated rings. The van der Waals surface area contributed by atoms with Crippen molar-refractivity contribution in [2.24, 2.45) is 0 Å². The van der Waals surface area contributed by atoms with Gasteiger partial charge in [0.05, 0.1) is 28.7 Å². The molecule has 1 N–H and O–H groups in total. The van der Waals surface area contributed by atoms with E-state index in [9.17, 15) is 4.79 Å². The van der Waals surface area contributed by atoms with Gasteiger partial charge in [-0.3, -0.25) is 4.79 Å². The number of ether oxygens (including phenoxy) is 2. The van der Waals surface area contributed by atoms with Gasteiger partial charge in [0.25, 0.3) is 5.91 Å². The molecule has 0 bridgehead atoms. The lowest BCUT2D eigenvalue weighted by atomic mass is 10.3. The second kappa shape index (κ2) is 9.53. The van der Waals surface area contributed by atoms with Gasteiger partial charge in [0.15, 0.2) is 18.1 Å². The number of hydrogen-bond acceptors (Lipinski definition) is 6. The number of thiazole rings is 1. The van der Waals surface area contributed by atoms with E-state index in [4.69, 9.17) is 9.47 Å². The molecule has 27 heavy (non-hydrogen) atoms. The first-order valence-corrected chi connectivity index (χ1v) is 10.5. The van der Waals surface area contributed by atoms with E-state index in [0.717, 1.165) is 26.9 Å². The number of thiophene rings is 1. The summed E-state index contributed by atoms with van der Waals surface area (Å²) in [5.74, 6) is 1.08. The zero-order valence-electron chi connectivity index (χ0n) is 15.4. The van der Waals surface area contributed by atoms with Gasteiger partial charge in [0.2, 0.25) is 0 Å². The first-order chi connectivity index (χ1) is 13.2. The molecule has 0 unspecified atom stereocenters. The Morgan fingerprint density at radius 1 is 1.15 bits per heavy atom. The molecule has 0 saturated heterocycles. The molecule has 0 saturated carbocycles. The molecule has 0 aliphatic heterocycles. The van der Waals surface area contributed by atoms with E-state index in [1.165, 1.54) is 0 Å². The van der Waals surface area contributed by atoms with Gasteiger partial charge < -0.3 is 14.8 Å². The SMILES string of the molecule is CCCOc1ccccc1OCC(=O)NCc1ccc(-c2csc(C)n2)s1. The summed E-state index contributed by atoms with van der Waals surface area (Å²) in [4.78, 5) is 18.8. The van der Waals surface area contributed by atoms with Gasteiger partial charge in [-0.2, -0.15) is 0 Å². The van der Waals surface area contributed by atoms with Crippen molar-refractivity contribution < 1.29 is 14.3 Å². The number of nitrogens with zero attached hydrogens (tertiary/aromatic N) is 1. The maximum absolute atomic E-state index is 12.1. The van der Waals surface area contributed by atoms with Crippen molar-refractivity contribution in [3.63, 3.8) is 0 Å². The first-order valence-electron chi connectivity index (χ1n) is 8.78. The van der Waals surface area contributed by atoms with E-state index in [2.05, 4.69) is 15.7 Å². The third kappa shape index (κ3) is 5.55. The average Bonchev–Trinajstić information content (AvgIpc) is 3.32. The van der Waals surface area contributed by atoms with Crippen LogP contribution in [0.2, 0.25) is 0 Å². The van der Waals surface area contributed by atoms with Gasteiger partial charge in [-0.15, -0.1) is 22.7 Å². The summed E-state index contributed by atoms with van der Waals surface area (Å²) in [5.41, 5.74) is 0.993. The van der Waals surface area contributed by atoms with Crippen LogP contribution in [0.25, 0.3) is 10.6 Å². The van der Waals surface area contributed by atoms with Crippen molar-refractivity contribution in [1.82, 2.24) is 10.3 Å². The van der Waals surface area contributed by atoms with E-state index in [1.54, 1.807) is 28.7 Å². The maximum atomic E-state index is 12.1. The Morgan fingerprint density at radius 2 is 1.93 bits per heavy atom. The van der Waals surface area contributed by atoms with Crippen molar-refractivity contribution in [2.75, 3.05) is 13.2 Å². The largest absolute Gasteiger partial charge is 0.490 e. The third-order valence-electron chi connectivity index (χ3n) is 3.66. The van der Waals surface area contributed by atoms with Crippen molar-refractivity contribution in [1.29, 1.82) is 0 Å². The molecular weight excluding hydrogens is 380 g/mol. The Labute approximate surface area is 167 Å². The Morgan fingerprint density at radius 3 is 2.63 bits per heavy atom. The monoisotopic (exact) mass is 402 g/mol. The summed E-state index contributed by atoms with van der Waals surface area (Å²) in [5, 5.41) is 5.99. The molecule has 1 aromatic carbocycles. The van der Waals surface area contributed by atoms with Gasteiger partial charge >= 0.3 is 0 Å². The average molecular weight is 403 g/mol. The van der Waals surface area contributed by atoms with Crippen molar-refractivity contribution in [2.45, 2.75) is 26.8 Å². The number of aromatic nitrogens is 1. The van der Waals surface area contributed by atoms with Crippen LogP contribution in [0.5, 0.6) is 11.5 Å². The molecule has 0 aliphatic rings. The molecule has 2 aromatic heterocycles. The maximum Gasteiger partial charge on any atom is 0.258 e. The van der Waals surface area contributed by atoms with Crippen molar-refractivity contribution >= 4 is 28.6 Å². The van der Waals surface area contributed by atoms with E-state index >= 15 is 0 Å². The van der Waals surface area contributed by atoms with Gasteiger partial charge in [0.1, 0.15) is 0 Å². The second-order valence-corrected chi connectivity index (χ2v) is 8.11. The van der Waals surface area contributed by atoms with Gasteiger partial charge in [-0.25, -0.2) is 4.98 Å². The molecule has 0 radical (unpaired) electrons. The normalized spacial score (nSPS) is 10.6. The highest BCUT2D eigenvalue weighted by molar-refractivity contribution is 7.16. The Hall–Kier alpha value is -2.38. The molecule has 142 valence electrons. The van der Waals surface area contributed by atoms with Crippen LogP contribution in [0.15, 0.2) is 41.8 Å². The van der Waals surface area contributed by atoms with E-state index in [-0.39, 0.29) is 12.5 Å². The molecule has 0 spiro atoms. The zero-order chi connectivity index (χ0) is 19.1. The number of amides is 1. The number of benzene rings is 1. The standard InChI is InChI=1S/C20H22N2O3S2/c1-3-10-24-17-6-4-5-7-18(17)25-12-20(23)21-11-15-8-9-19(27-15)16-13-26-14(2)22-16/h4-9,13H,3,10-12H2,1-2H3,(H,21,23). The van der Waals surface area contributed by atoms with Gasteiger partial charge in [-0.05, 0) is 37.6 Å². The van der Waals surface area contributed by atoms with E-state index < -0.39 is 0 Å². The summed E-state index contributed by atoms with van der Waals surface area (Å²) in [6.07, 6.45) is 0.915. The number of aryl methyl sites for hydroxylation is 1. The van der Waals surface area contributed by atoms with Crippen molar-refractivity contribution in [3.8, 4) is 22.1 Å². The summed E-state index contributed by atoms with van der Waals surface area (Å²) < 4.78 is 11.3. The van der Waals surface area contributed by atoms with Crippen LogP contribution in [0.1, 0.15) is 23.2 Å². The molecule has 2 heterocycles. The van der Waals surface area contributed by atoms with Crippen LogP contribution in [-0.4, -0.2) is 24.1 Å². The lowest BCUT2D eigenvalue weighted by Crippen LogP contribution is -2.28. The zero-order valence-corrected chi connectivity index (χ0v) is 17.0. The summed E-state index contributed by atoms with van der Waals surface area (Å²) in [6, 6.07) is 11.5. The molecule has 7 heteroatoms. The smallest absolute Gasteiger partial charge is 0.258 e. The van der Waals surface area contributed by atoms with Crippen molar-refractivity contribution in [3.05, 3.63) is 51.7 Å². The molecule has 3 aromatic rings. The lowest BCUT2D eigenvalue weighted by molar-refractivity contribution is -0.123. The second-order valence-electron chi connectivity index (χ2n) is 5.88. The molecular formula is C20H22N2O3S2. The molecule has 3 rings (SSSR count). The molecule has 5 nitrogen and oxygen atoms in total. The predicted octanol–water partition coefficient (Wildman–Crippen LogP) is 4.66. The summed E-state index contributed by atoms with van der Waals surface area (Å²) >= 11 is 3.27. The number of rotatable bonds is 9. The number of carbonyl (C=O) groups excluding carboxylic acids is 1. The molecule has 0 aliphatic carbocycles. The molecule has 1 amide bonds. The minimum absolute atomic E-state index is 0.0456. The van der Waals surface area contributed by atoms with Crippen LogP contribution in [0, 0.1) is 6.92 Å². The minimum Gasteiger partial charge on any atom is -0.490 e. The number of hydrogen-bond donors (Lipinski definition) is 1. The quantitative estimate of drug-likeness (QED) is 0.565. The molecule has 0 atom stereocenters. The fourth-order valence-electron chi connectivity index (χ4n) is 2.37. The van der Waals surface area contributed by atoms with E-state index in [1.807, 2.05) is 44.2 Å². The summed E-state index contributed by atoms with van der Waals surface area (Å²) in [7, 11) is 0. The van der Waals surface area contributed by atoms with Crippen LogP contribution >= 0.6 is 22.7 Å². The highest BCUT2D eigenvalue weighted by atomic mass is 32.1. The van der Waals surface area contributed by atoms with Gasteiger partial charge in [-0.1, -0.05) is 19.1 Å². The highest BCUT2D eigenvalue weighted by Crippen LogP contribution is 2.29. The minimum atomic E-state index is -0.167. The third-order valence-corrected chi connectivity index (χ3v) is 5.54. The first kappa shape index (κ1) is 19.4. The lowest BCUT2D eigenvalue weighted by Gasteiger charge is -2.12.